The maximum absolute atomic E-state index is 12.8. The van der Waals surface area contributed by atoms with Gasteiger partial charge in [-0.05, 0) is 44.0 Å². The zero-order valence-electron chi connectivity index (χ0n) is 13.7. The van der Waals surface area contributed by atoms with E-state index in [2.05, 4.69) is 27.8 Å². The number of nitrogens with zero attached hydrogens (tertiary/aromatic N) is 1. The quantitative estimate of drug-likeness (QED) is 0.259. The first-order chi connectivity index (χ1) is 11.2. The fourth-order valence-corrected chi connectivity index (χ4v) is 2.22. The Morgan fingerprint density at radius 2 is 2.00 bits per heavy atom. The summed E-state index contributed by atoms with van der Waals surface area (Å²) in [4.78, 5) is 4.38. The molecule has 1 aromatic carbocycles. The van der Waals surface area contributed by atoms with Crippen molar-refractivity contribution >= 4 is 29.9 Å². The molecular weight excluding hydrogens is 424 g/mol. The molecule has 7 heteroatoms. The summed E-state index contributed by atoms with van der Waals surface area (Å²) in [5.41, 5.74) is 0. The molecule has 3 N–H and O–H groups in total. The van der Waals surface area contributed by atoms with Crippen LogP contribution in [0.25, 0.3) is 0 Å². The van der Waals surface area contributed by atoms with Gasteiger partial charge in [0.2, 0.25) is 0 Å². The summed E-state index contributed by atoms with van der Waals surface area (Å²) in [5, 5.41) is 16.5. The minimum absolute atomic E-state index is 0. The Labute approximate surface area is 159 Å². The van der Waals surface area contributed by atoms with Gasteiger partial charge in [-0.2, -0.15) is 0 Å². The molecule has 0 amide bonds. The van der Waals surface area contributed by atoms with Crippen LogP contribution in [0.15, 0.2) is 41.4 Å². The molecule has 0 saturated heterocycles. The molecule has 1 aliphatic rings. The Kier molecular flexibility index (Phi) is 9.70. The number of aliphatic hydroxyl groups excluding tert-OH is 1. The topological polar surface area (TPSA) is 65.9 Å². The highest BCUT2D eigenvalue weighted by atomic mass is 127. The molecule has 24 heavy (non-hydrogen) atoms. The normalized spacial score (nSPS) is 15.7. The first-order valence-electron chi connectivity index (χ1n) is 7.93. The predicted molar refractivity (Wildman–Crippen MR) is 105 cm³/mol. The van der Waals surface area contributed by atoms with Gasteiger partial charge in [0, 0.05) is 12.6 Å². The molecule has 1 aliphatic carbocycles. The summed E-state index contributed by atoms with van der Waals surface area (Å²) >= 11 is 0. The van der Waals surface area contributed by atoms with E-state index in [0.717, 1.165) is 19.4 Å². The lowest BCUT2D eigenvalue weighted by Gasteiger charge is -2.17. The van der Waals surface area contributed by atoms with Crippen molar-refractivity contribution in [2.24, 2.45) is 4.99 Å². The van der Waals surface area contributed by atoms with Gasteiger partial charge in [-0.15, -0.1) is 24.0 Å². The van der Waals surface area contributed by atoms with Crippen LogP contribution in [-0.4, -0.2) is 42.9 Å². The van der Waals surface area contributed by atoms with Crippen LogP contribution in [0.4, 0.5) is 4.39 Å². The van der Waals surface area contributed by atoms with E-state index in [1.165, 1.54) is 24.3 Å². The van der Waals surface area contributed by atoms with Gasteiger partial charge in [-0.1, -0.05) is 12.2 Å². The lowest BCUT2D eigenvalue weighted by molar-refractivity contribution is 0.114. The molecule has 5 nitrogen and oxygen atoms in total. The zero-order chi connectivity index (χ0) is 16.5. The average molecular weight is 449 g/mol. The van der Waals surface area contributed by atoms with Gasteiger partial charge in [-0.25, -0.2) is 4.39 Å². The second kappa shape index (κ2) is 11.2. The van der Waals surface area contributed by atoms with Crippen LogP contribution < -0.4 is 15.4 Å². The Balaban J connectivity index is 0.00000288. The molecule has 0 saturated carbocycles. The van der Waals surface area contributed by atoms with Crippen molar-refractivity contribution in [2.75, 3.05) is 19.7 Å². The third-order valence-electron chi connectivity index (χ3n) is 3.41. The molecule has 0 radical (unpaired) electrons. The molecule has 0 aliphatic heterocycles. The van der Waals surface area contributed by atoms with E-state index in [9.17, 15) is 9.50 Å². The molecule has 1 unspecified atom stereocenters. The van der Waals surface area contributed by atoms with E-state index in [1.54, 1.807) is 0 Å². The smallest absolute Gasteiger partial charge is 0.191 e. The Morgan fingerprint density at radius 3 is 2.62 bits per heavy atom. The molecule has 1 atom stereocenters. The summed E-state index contributed by atoms with van der Waals surface area (Å²) in [6.45, 7) is 3.10. The molecule has 1 aromatic rings. The van der Waals surface area contributed by atoms with Gasteiger partial charge in [-0.3, -0.25) is 4.99 Å². The molecular formula is C17H25FIN3O2. The molecule has 134 valence electrons. The second-order valence-corrected chi connectivity index (χ2v) is 5.42. The molecule has 0 fully saturated rings. The number of halogens is 2. The Morgan fingerprint density at radius 1 is 1.33 bits per heavy atom. The van der Waals surface area contributed by atoms with Crippen molar-refractivity contribution in [1.29, 1.82) is 0 Å². The van der Waals surface area contributed by atoms with E-state index >= 15 is 0 Å². The Hall–Kier alpha value is -1.35. The maximum Gasteiger partial charge on any atom is 0.191 e. The maximum atomic E-state index is 12.8. The number of hydrogen-bond donors (Lipinski definition) is 3. The number of hydrogen-bond acceptors (Lipinski definition) is 3. The fraction of sp³-hybridized carbons (Fsp3) is 0.471. The van der Waals surface area contributed by atoms with Crippen LogP contribution in [0.5, 0.6) is 5.75 Å². The number of ether oxygens (including phenoxy) is 1. The van der Waals surface area contributed by atoms with Crippen molar-refractivity contribution in [1.82, 2.24) is 10.6 Å². The van der Waals surface area contributed by atoms with Crippen LogP contribution in [0, 0.1) is 5.82 Å². The van der Waals surface area contributed by atoms with Crippen LogP contribution in [0.3, 0.4) is 0 Å². The number of benzene rings is 1. The minimum Gasteiger partial charge on any atom is -0.491 e. The van der Waals surface area contributed by atoms with Crippen LogP contribution >= 0.6 is 24.0 Å². The van der Waals surface area contributed by atoms with E-state index in [1.807, 2.05) is 6.92 Å². The minimum atomic E-state index is -0.725. The molecule has 0 bridgehead atoms. The van der Waals surface area contributed by atoms with Crippen molar-refractivity contribution in [3.8, 4) is 5.75 Å². The monoisotopic (exact) mass is 449 g/mol. The summed E-state index contributed by atoms with van der Waals surface area (Å²) in [6, 6.07) is 6.07. The fourth-order valence-electron chi connectivity index (χ4n) is 2.22. The number of guanidine groups is 1. The SMILES string of the molecule is CCNC(=NCC(O)COc1ccc(F)cc1)NC1CC=CC1.I. The third kappa shape index (κ3) is 7.48. The van der Waals surface area contributed by atoms with Gasteiger partial charge in [0.05, 0.1) is 6.54 Å². The molecule has 2 rings (SSSR count). The molecule has 0 spiro atoms. The van der Waals surface area contributed by atoms with E-state index < -0.39 is 6.10 Å². The average Bonchev–Trinajstić information content (AvgIpc) is 3.05. The standard InChI is InChI=1S/C17H24FN3O2.HI/c1-2-19-17(21-14-5-3-4-6-14)20-11-15(22)12-23-16-9-7-13(18)8-10-16;/h3-4,7-10,14-15,22H,2,5-6,11-12H2,1H3,(H2,19,20,21);1H. The highest BCUT2D eigenvalue weighted by Crippen LogP contribution is 2.11. The number of aliphatic hydroxyl groups is 1. The van der Waals surface area contributed by atoms with Crippen LogP contribution in [-0.2, 0) is 0 Å². The van der Waals surface area contributed by atoms with Crippen LogP contribution in [0.2, 0.25) is 0 Å². The molecule has 0 heterocycles. The molecule has 0 aromatic heterocycles. The largest absolute Gasteiger partial charge is 0.491 e. The van der Waals surface area contributed by atoms with Gasteiger partial charge < -0.3 is 20.5 Å². The lowest BCUT2D eigenvalue weighted by atomic mass is 10.2. The number of nitrogens with one attached hydrogen (secondary N) is 2. The van der Waals surface area contributed by atoms with Crippen molar-refractivity contribution in [2.45, 2.75) is 31.9 Å². The van der Waals surface area contributed by atoms with E-state index in [-0.39, 0.29) is 42.9 Å². The van der Waals surface area contributed by atoms with Crippen molar-refractivity contribution in [3.05, 3.63) is 42.2 Å². The lowest BCUT2D eigenvalue weighted by Crippen LogP contribution is -2.43. The van der Waals surface area contributed by atoms with Gasteiger partial charge in [0.25, 0.3) is 0 Å². The number of aliphatic imine (C=N–C) groups is 1. The summed E-state index contributed by atoms with van der Waals surface area (Å²) in [5.74, 6) is 0.906. The summed E-state index contributed by atoms with van der Waals surface area (Å²) in [7, 11) is 0. The first kappa shape index (κ1) is 20.7. The van der Waals surface area contributed by atoms with Gasteiger partial charge in [0.1, 0.15) is 24.3 Å². The number of rotatable bonds is 7. The third-order valence-corrected chi connectivity index (χ3v) is 3.41. The highest BCUT2D eigenvalue weighted by Gasteiger charge is 2.12. The predicted octanol–water partition coefficient (Wildman–Crippen LogP) is 2.46. The van der Waals surface area contributed by atoms with Gasteiger partial charge in [0.15, 0.2) is 5.96 Å². The van der Waals surface area contributed by atoms with Crippen molar-refractivity contribution in [3.63, 3.8) is 0 Å². The van der Waals surface area contributed by atoms with Gasteiger partial charge >= 0.3 is 0 Å². The first-order valence-corrected chi connectivity index (χ1v) is 7.93. The Bertz CT molecular complexity index is 529. The van der Waals surface area contributed by atoms with Crippen LogP contribution in [0.1, 0.15) is 19.8 Å². The summed E-state index contributed by atoms with van der Waals surface area (Å²) < 4.78 is 18.2. The van der Waals surface area contributed by atoms with E-state index in [4.69, 9.17) is 4.74 Å². The highest BCUT2D eigenvalue weighted by molar-refractivity contribution is 14.0. The van der Waals surface area contributed by atoms with Crippen molar-refractivity contribution < 1.29 is 14.2 Å². The summed E-state index contributed by atoms with van der Waals surface area (Å²) in [6.07, 6.45) is 5.54. The van der Waals surface area contributed by atoms with E-state index in [0.29, 0.717) is 17.8 Å². The zero-order valence-corrected chi connectivity index (χ0v) is 16.1. The second-order valence-electron chi connectivity index (χ2n) is 5.42.